The number of esters is 7. The first kappa shape index (κ1) is 41.9. The van der Waals surface area contributed by atoms with Crippen LogP contribution in [0.4, 0.5) is 0 Å². The topological polar surface area (TPSA) is 247 Å². The maximum Gasteiger partial charge on any atom is 0.303 e. The number of hydrogen-bond acceptors (Lipinski definition) is 21. The van der Waals surface area contributed by atoms with Crippen LogP contribution in [0.15, 0.2) is 0 Å². The Hall–Kier alpha value is -3.89. The molecule has 0 saturated carbocycles. The van der Waals surface area contributed by atoms with Crippen molar-refractivity contribution in [3.8, 4) is 0 Å². The van der Waals surface area contributed by atoms with E-state index in [2.05, 4.69) is 0 Å². The lowest BCUT2D eigenvalue weighted by Gasteiger charge is -2.49. The Kier molecular flexibility index (Phi) is 14.6. The van der Waals surface area contributed by atoms with E-state index in [1.165, 1.54) is 0 Å². The van der Waals surface area contributed by atoms with Crippen molar-refractivity contribution < 1.29 is 95.2 Å². The van der Waals surface area contributed by atoms with Crippen molar-refractivity contribution in [2.75, 3.05) is 19.8 Å². The number of thioether (sulfide) groups is 1. The van der Waals surface area contributed by atoms with Gasteiger partial charge in [0.1, 0.15) is 37.0 Å². The number of fused-ring (bicyclic) bond motifs is 2. The highest BCUT2D eigenvalue weighted by Gasteiger charge is 2.58. The minimum absolute atomic E-state index is 0.00413. The average Bonchev–Trinajstić information content (AvgIpc) is 3.48. The smallest absolute Gasteiger partial charge is 0.303 e. The second-order valence-corrected chi connectivity index (χ2v) is 13.7. The molecule has 4 aliphatic rings. The Morgan fingerprint density at radius 1 is 0.585 bits per heavy atom. The van der Waals surface area contributed by atoms with E-state index in [9.17, 15) is 38.4 Å². The minimum Gasteiger partial charge on any atom is -0.463 e. The number of carbonyl (C=O) groups is 8. The summed E-state index contributed by atoms with van der Waals surface area (Å²) in [6.45, 7) is 6.47. The Balaban J connectivity index is 1.78. The normalized spacial score (nSPS) is 34.9. The van der Waals surface area contributed by atoms with Crippen molar-refractivity contribution in [3.05, 3.63) is 0 Å². The van der Waals surface area contributed by atoms with Crippen molar-refractivity contribution in [1.82, 2.24) is 0 Å². The van der Waals surface area contributed by atoms with Crippen LogP contribution < -0.4 is 0 Å². The fraction of sp³-hybridized carbons (Fsp3) is 0.750. The molecular formula is C32H42O20S. The molecule has 0 unspecified atom stereocenters. The summed E-state index contributed by atoms with van der Waals surface area (Å²) in [6.07, 6.45) is -15.6. The zero-order valence-electron chi connectivity index (χ0n) is 29.9. The fourth-order valence-corrected chi connectivity index (χ4v) is 7.59. The third-order valence-electron chi connectivity index (χ3n) is 7.98. The zero-order chi connectivity index (χ0) is 39.1. The molecule has 2 bridgehead atoms. The van der Waals surface area contributed by atoms with Gasteiger partial charge in [-0.05, 0) is 0 Å². The molecule has 4 rings (SSSR count). The summed E-state index contributed by atoms with van der Waals surface area (Å²) in [6, 6.07) is 0. The van der Waals surface area contributed by atoms with Gasteiger partial charge < -0.3 is 56.8 Å². The molecule has 4 fully saturated rings. The molecule has 53 heavy (non-hydrogen) atoms. The van der Waals surface area contributed by atoms with Gasteiger partial charge in [-0.2, -0.15) is 0 Å². The molecule has 296 valence electrons. The molecule has 0 spiro atoms. The summed E-state index contributed by atoms with van der Waals surface area (Å²) in [4.78, 5) is 98.6. The third-order valence-corrected chi connectivity index (χ3v) is 9.45. The molecule has 4 aliphatic heterocycles. The first-order chi connectivity index (χ1) is 24.9. The SMILES string of the molecule is CC(=O)OC[C@H]1O[C@@H](O[C@H]2[C@H](OC(C)=O)[C@@H](OC(C)=O)[C@H](S[C@@H]3CC(=O)[C@@H]4OC[C@H]3O4)O[C@@H]2COC(C)=O)[C@H](OC(C)=O)[C@@H](OC(C)=O)[C@H]1OC(C)=O. The summed E-state index contributed by atoms with van der Waals surface area (Å²) in [7, 11) is 0. The molecule has 0 aromatic carbocycles. The third kappa shape index (κ3) is 11.3. The van der Waals surface area contributed by atoms with Gasteiger partial charge in [0.2, 0.25) is 6.29 Å². The zero-order valence-corrected chi connectivity index (χ0v) is 30.7. The lowest BCUT2D eigenvalue weighted by Crippen LogP contribution is -2.67. The van der Waals surface area contributed by atoms with Crippen LogP contribution in [-0.2, 0) is 95.2 Å². The highest BCUT2D eigenvalue weighted by atomic mass is 32.2. The van der Waals surface area contributed by atoms with E-state index in [4.69, 9.17) is 56.8 Å². The summed E-state index contributed by atoms with van der Waals surface area (Å²) >= 11 is 1.04. The number of ether oxygens (including phenoxy) is 12. The van der Waals surface area contributed by atoms with E-state index in [0.29, 0.717) is 0 Å². The Labute approximate surface area is 307 Å². The van der Waals surface area contributed by atoms with Crippen molar-refractivity contribution in [3.63, 3.8) is 0 Å². The monoisotopic (exact) mass is 778 g/mol. The molecule has 20 nitrogen and oxygen atoms in total. The predicted molar refractivity (Wildman–Crippen MR) is 169 cm³/mol. The van der Waals surface area contributed by atoms with E-state index in [0.717, 1.165) is 60.2 Å². The molecule has 0 radical (unpaired) electrons. The van der Waals surface area contributed by atoms with Crippen LogP contribution in [0.3, 0.4) is 0 Å². The molecule has 0 amide bonds. The molecule has 4 heterocycles. The molecule has 4 saturated heterocycles. The second-order valence-electron chi connectivity index (χ2n) is 12.3. The minimum atomic E-state index is -1.80. The van der Waals surface area contributed by atoms with Gasteiger partial charge in [0.25, 0.3) is 0 Å². The average molecular weight is 779 g/mol. The first-order valence-electron chi connectivity index (χ1n) is 16.5. The van der Waals surface area contributed by atoms with E-state index in [1.54, 1.807) is 0 Å². The van der Waals surface area contributed by atoms with Crippen LogP contribution in [0, 0.1) is 0 Å². The molecule has 0 N–H and O–H groups in total. The lowest BCUT2D eigenvalue weighted by atomic mass is 9.96. The molecule has 0 aliphatic carbocycles. The fourth-order valence-electron chi connectivity index (χ4n) is 6.10. The summed E-state index contributed by atoms with van der Waals surface area (Å²) in [5, 5.41) is -0.575. The van der Waals surface area contributed by atoms with Gasteiger partial charge in [-0.15, -0.1) is 11.8 Å². The maximum atomic E-state index is 12.6. The van der Waals surface area contributed by atoms with Crippen molar-refractivity contribution >= 4 is 59.3 Å². The Morgan fingerprint density at radius 2 is 1.06 bits per heavy atom. The molecule has 21 heteroatoms. The summed E-state index contributed by atoms with van der Waals surface area (Å²) < 4.78 is 68.0. The summed E-state index contributed by atoms with van der Waals surface area (Å²) in [5.41, 5.74) is -1.20. The number of carbonyl (C=O) groups excluding carboxylic acids is 8. The molecular weight excluding hydrogens is 736 g/mol. The van der Waals surface area contributed by atoms with Gasteiger partial charge in [-0.3, -0.25) is 38.4 Å². The van der Waals surface area contributed by atoms with Crippen LogP contribution >= 0.6 is 11.8 Å². The van der Waals surface area contributed by atoms with Crippen molar-refractivity contribution in [1.29, 1.82) is 0 Å². The van der Waals surface area contributed by atoms with Crippen LogP contribution in [0.1, 0.15) is 54.9 Å². The van der Waals surface area contributed by atoms with E-state index in [-0.39, 0.29) is 18.8 Å². The largest absolute Gasteiger partial charge is 0.463 e. The van der Waals surface area contributed by atoms with Crippen molar-refractivity contribution in [2.24, 2.45) is 0 Å². The highest BCUT2D eigenvalue weighted by molar-refractivity contribution is 8.00. The highest BCUT2D eigenvalue weighted by Crippen LogP contribution is 2.42. The summed E-state index contributed by atoms with van der Waals surface area (Å²) in [5.74, 6) is -6.21. The second kappa shape index (κ2) is 18.4. The number of rotatable bonds is 13. The van der Waals surface area contributed by atoms with E-state index >= 15 is 0 Å². The van der Waals surface area contributed by atoms with Gasteiger partial charge in [-0.1, -0.05) is 0 Å². The van der Waals surface area contributed by atoms with Crippen LogP contribution in [0.2, 0.25) is 0 Å². The Morgan fingerprint density at radius 3 is 1.58 bits per heavy atom. The maximum absolute atomic E-state index is 12.6. The van der Waals surface area contributed by atoms with Crippen LogP contribution in [0.25, 0.3) is 0 Å². The van der Waals surface area contributed by atoms with Gasteiger partial charge >= 0.3 is 41.8 Å². The van der Waals surface area contributed by atoms with Crippen LogP contribution in [-0.4, -0.2) is 146 Å². The first-order valence-corrected chi connectivity index (χ1v) is 17.4. The van der Waals surface area contributed by atoms with Gasteiger partial charge in [0.05, 0.1) is 12.7 Å². The van der Waals surface area contributed by atoms with E-state index in [1.807, 2.05) is 0 Å². The van der Waals surface area contributed by atoms with Crippen molar-refractivity contribution in [2.45, 2.75) is 133 Å². The number of hydrogen-bond donors (Lipinski definition) is 0. The molecule has 13 atom stereocenters. The predicted octanol–water partition coefficient (Wildman–Crippen LogP) is -0.578. The van der Waals surface area contributed by atoms with E-state index < -0.39 is 133 Å². The quantitative estimate of drug-likeness (QED) is 0.168. The Bertz CT molecular complexity index is 1420. The van der Waals surface area contributed by atoms with Gasteiger partial charge in [0, 0.05) is 60.1 Å². The number of ketones is 1. The van der Waals surface area contributed by atoms with Crippen LogP contribution in [0.5, 0.6) is 0 Å². The number of Topliss-reactive ketones (excluding diaryl/α,β-unsaturated/α-hetero) is 1. The van der Waals surface area contributed by atoms with Gasteiger partial charge in [-0.25, -0.2) is 0 Å². The molecule has 0 aromatic rings. The standard InChI is InChI=1S/C32H42O20S/c1-12(33)41-10-21-24(44-14(3)35)26(45-15(4)36)28(47-17(6)38)31(50-21)52-25-22(11-42-13(2)34)51-32(29(48-18(7)39)27(25)46-16(5)37)53-23-8-19(40)30-43-9-20(23)49-30/h20-32H,8-11H2,1-7H3/t20-,21-,22-,23-,24+,25-,26+,27+,28-,29-,30-,31+,32+/m1/s1. The molecule has 0 aromatic heterocycles. The lowest BCUT2D eigenvalue weighted by molar-refractivity contribution is -0.341. The van der Waals surface area contributed by atoms with Gasteiger partial charge in [0.15, 0.2) is 42.6 Å².